The van der Waals surface area contributed by atoms with Crippen LogP contribution in [0.1, 0.15) is 5.82 Å². The zero-order valence-electron chi connectivity index (χ0n) is 13.1. The molecule has 1 aromatic carbocycles. The van der Waals surface area contributed by atoms with Crippen LogP contribution in [0.4, 0.5) is 13.2 Å². The highest BCUT2D eigenvalue weighted by molar-refractivity contribution is 5.74. The van der Waals surface area contributed by atoms with Gasteiger partial charge in [-0.15, -0.1) is 28.5 Å². The van der Waals surface area contributed by atoms with Crippen molar-refractivity contribution in [2.45, 2.75) is 13.3 Å². The summed E-state index contributed by atoms with van der Waals surface area (Å²) in [5.74, 6) is 0.274. The van der Waals surface area contributed by atoms with Crippen LogP contribution < -0.4 is 10.3 Å². The smallest absolute Gasteiger partial charge is 0.406 e. The van der Waals surface area contributed by atoms with Crippen LogP contribution in [-0.4, -0.2) is 35.7 Å². The van der Waals surface area contributed by atoms with Gasteiger partial charge in [-0.05, 0) is 25.1 Å². The fourth-order valence-corrected chi connectivity index (χ4v) is 2.54. The third-order valence-corrected chi connectivity index (χ3v) is 3.54. The van der Waals surface area contributed by atoms with E-state index < -0.39 is 17.7 Å². The monoisotopic (exact) mass is 362 g/mol. The van der Waals surface area contributed by atoms with Crippen LogP contribution in [0.3, 0.4) is 0 Å². The van der Waals surface area contributed by atoms with Gasteiger partial charge in [0.15, 0.2) is 5.52 Å². The maximum absolute atomic E-state index is 12.7. The average molecular weight is 362 g/mol. The van der Waals surface area contributed by atoms with Gasteiger partial charge in [0.2, 0.25) is 0 Å². The van der Waals surface area contributed by atoms with Gasteiger partial charge in [-0.3, -0.25) is 9.36 Å². The molecule has 0 aliphatic carbocycles. The van der Waals surface area contributed by atoms with Gasteiger partial charge in [-0.1, -0.05) is 6.07 Å². The zero-order chi connectivity index (χ0) is 18.5. The van der Waals surface area contributed by atoms with E-state index in [0.717, 1.165) is 16.7 Å². The highest BCUT2D eigenvalue weighted by Crippen LogP contribution is 2.24. The van der Waals surface area contributed by atoms with E-state index in [1.54, 1.807) is 13.0 Å². The first-order valence-corrected chi connectivity index (χ1v) is 7.29. The Balaban J connectivity index is 1.88. The number of hydrogen-bond acceptors (Lipinski definition) is 6. The van der Waals surface area contributed by atoms with Crippen molar-refractivity contribution < 1.29 is 17.9 Å². The van der Waals surface area contributed by atoms with E-state index in [-0.39, 0.29) is 17.0 Å². The fraction of sp³-hybridized carbons (Fsp3) is 0.133. The first kappa shape index (κ1) is 16.0. The number of nitrogens with zero attached hydrogens (tertiary/aromatic N) is 6. The van der Waals surface area contributed by atoms with Gasteiger partial charge in [0.1, 0.15) is 17.1 Å². The van der Waals surface area contributed by atoms with Crippen LogP contribution in [0.25, 0.3) is 22.5 Å². The molecule has 8 nitrogen and oxygen atoms in total. The van der Waals surface area contributed by atoms with Gasteiger partial charge in [0.25, 0.3) is 11.3 Å². The molecule has 0 N–H and O–H groups in total. The molecule has 0 amide bonds. The molecule has 3 aromatic heterocycles. The number of hydrogen-bond donors (Lipinski definition) is 0. The third kappa shape index (κ3) is 2.72. The second-order valence-electron chi connectivity index (χ2n) is 5.34. The number of benzene rings is 1. The van der Waals surface area contributed by atoms with E-state index in [1.807, 2.05) is 0 Å². The summed E-state index contributed by atoms with van der Waals surface area (Å²) in [6.45, 7) is 1.67. The van der Waals surface area contributed by atoms with Crippen molar-refractivity contribution in [2.24, 2.45) is 0 Å². The molecule has 0 spiro atoms. The standard InChI is InChI=1S/C15H9F3N6O2/c1-8-19-14-21-20-12-11(24(14)22-8)5-6-23(13(12)25)9-3-2-4-10(7-9)26-15(16,17)18/h2-7H,1H3. The largest absolute Gasteiger partial charge is 0.573 e. The Morgan fingerprint density at radius 3 is 2.73 bits per heavy atom. The van der Waals surface area contributed by atoms with Crippen molar-refractivity contribution in [1.82, 2.24) is 29.4 Å². The second kappa shape index (κ2) is 5.51. The molecule has 11 heteroatoms. The molecule has 0 atom stereocenters. The van der Waals surface area contributed by atoms with Gasteiger partial charge in [0, 0.05) is 12.3 Å². The summed E-state index contributed by atoms with van der Waals surface area (Å²) in [6, 6.07) is 6.63. The van der Waals surface area contributed by atoms with Crippen molar-refractivity contribution >= 4 is 16.8 Å². The summed E-state index contributed by atoms with van der Waals surface area (Å²) >= 11 is 0. The van der Waals surface area contributed by atoms with Gasteiger partial charge in [-0.25, -0.2) is 0 Å². The molecule has 0 saturated heterocycles. The summed E-state index contributed by atoms with van der Waals surface area (Å²) < 4.78 is 43.6. The number of ether oxygens (including phenoxy) is 1. The summed E-state index contributed by atoms with van der Waals surface area (Å²) in [7, 11) is 0. The molecular formula is C15H9F3N6O2. The van der Waals surface area contributed by atoms with E-state index in [4.69, 9.17) is 0 Å². The molecule has 0 bridgehead atoms. The van der Waals surface area contributed by atoms with E-state index in [2.05, 4.69) is 25.0 Å². The minimum Gasteiger partial charge on any atom is -0.406 e. The minimum absolute atomic E-state index is 0.00652. The predicted molar refractivity (Wildman–Crippen MR) is 83.1 cm³/mol. The van der Waals surface area contributed by atoms with Gasteiger partial charge in [0.05, 0.1) is 5.69 Å². The van der Waals surface area contributed by atoms with E-state index in [0.29, 0.717) is 11.3 Å². The third-order valence-electron chi connectivity index (χ3n) is 3.54. The van der Waals surface area contributed by atoms with Crippen LogP contribution in [-0.2, 0) is 0 Å². The minimum atomic E-state index is -4.82. The van der Waals surface area contributed by atoms with Gasteiger partial charge >= 0.3 is 6.36 Å². The first-order valence-electron chi connectivity index (χ1n) is 7.29. The molecule has 132 valence electrons. The Labute approximate surface area is 142 Å². The van der Waals surface area contributed by atoms with Crippen LogP contribution in [0.2, 0.25) is 0 Å². The SMILES string of the molecule is Cc1nc2nnc3c(=O)n(-c4cccc(OC(F)(F)F)c4)ccc3n2n1. The van der Waals surface area contributed by atoms with Crippen LogP contribution in [0.5, 0.6) is 5.75 Å². The lowest BCUT2D eigenvalue weighted by Gasteiger charge is -2.11. The van der Waals surface area contributed by atoms with Crippen LogP contribution in [0, 0.1) is 6.92 Å². The Hall–Kier alpha value is -3.50. The summed E-state index contributed by atoms with van der Waals surface area (Å²) in [6.07, 6.45) is -3.41. The van der Waals surface area contributed by atoms with E-state index in [9.17, 15) is 18.0 Å². The first-order chi connectivity index (χ1) is 12.3. The highest BCUT2D eigenvalue weighted by atomic mass is 19.4. The molecule has 0 fully saturated rings. The number of alkyl halides is 3. The Morgan fingerprint density at radius 1 is 1.15 bits per heavy atom. The Morgan fingerprint density at radius 2 is 1.96 bits per heavy atom. The summed E-state index contributed by atoms with van der Waals surface area (Å²) in [5, 5.41) is 11.9. The lowest BCUT2D eigenvalue weighted by molar-refractivity contribution is -0.274. The number of aryl methyl sites for hydroxylation is 1. The Bertz CT molecular complexity index is 1200. The molecular weight excluding hydrogens is 353 g/mol. The molecule has 0 saturated carbocycles. The molecule has 4 aromatic rings. The number of halogens is 3. The summed E-state index contributed by atoms with van der Waals surface area (Å²) in [5.41, 5.74) is 0.0242. The highest BCUT2D eigenvalue weighted by Gasteiger charge is 2.31. The van der Waals surface area contributed by atoms with Crippen molar-refractivity contribution in [2.75, 3.05) is 0 Å². The molecule has 0 unspecified atom stereocenters. The second-order valence-corrected chi connectivity index (χ2v) is 5.34. The number of rotatable bonds is 2. The number of aromatic nitrogens is 6. The van der Waals surface area contributed by atoms with Crippen molar-refractivity contribution in [3.63, 3.8) is 0 Å². The van der Waals surface area contributed by atoms with Crippen LogP contribution >= 0.6 is 0 Å². The maximum atomic E-state index is 12.7. The number of pyridine rings is 1. The van der Waals surface area contributed by atoms with Crippen LogP contribution in [0.15, 0.2) is 41.3 Å². The predicted octanol–water partition coefficient (Wildman–Crippen LogP) is 2.03. The average Bonchev–Trinajstić information content (AvgIpc) is 2.94. The van der Waals surface area contributed by atoms with E-state index >= 15 is 0 Å². The topological polar surface area (TPSA) is 87.2 Å². The molecule has 0 aliphatic rings. The normalized spacial score (nSPS) is 12.0. The summed E-state index contributed by atoms with van der Waals surface area (Å²) in [4.78, 5) is 16.8. The molecule has 0 aliphatic heterocycles. The maximum Gasteiger partial charge on any atom is 0.573 e. The molecule has 3 heterocycles. The number of fused-ring (bicyclic) bond motifs is 3. The van der Waals surface area contributed by atoms with E-state index in [1.165, 1.54) is 22.8 Å². The Kier molecular flexibility index (Phi) is 3.39. The fourth-order valence-electron chi connectivity index (χ4n) is 2.54. The van der Waals surface area contributed by atoms with Crippen molar-refractivity contribution in [3.05, 3.63) is 52.7 Å². The van der Waals surface area contributed by atoms with Gasteiger partial charge in [-0.2, -0.15) is 9.50 Å². The van der Waals surface area contributed by atoms with Gasteiger partial charge < -0.3 is 4.74 Å². The molecule has 26 heavy (non-hydrogen) atoms. The lowest BCUT2D eigenvalue weighted by atomic mass is 10.3. The van der Waals surface area contributed by atoms with Crippen molar-refractivity contribution in [3.8, 4) is 11.4 Å². The molecule has 0 radical (unpaired) electrons. The quantitative estimate of drug-likeness (QED) is 0.542. The molecule has 4 rings (SSSR count). The van der Waals surface area contributed by atoms with Crippen molar-refractivity contribution in [1.29, 1.82) is 0 Å². The lowest BCUT2D eigenvalue weighted by Crippen LogP contribution is -2.21. The zero-order valence-corrected chi connectivity index (χ0v) is 13.1.